The van der Waals surface area contributed by atoms with Crippen LogP contribution in [0.15, 0.2) is 24.3 Å². The van der Waals surface area contributed by atoms with E-state index >= 15 is 0 Å². The summed E-state index contributed by atoms with van der Waals surface area (Å²) in [5.74, 6) is 0. The van der Waals surface area contributed by atoms with Crippen molar-refractivity contribution in [1.82, 2.24) is 5.32 Å². The van der Waals surface area contributed by atoms with Crippen LogP contribution in [-0.2, 0) is 11.3 Å². The molecule has 1 fully saturated rings. The molecule has 1 unspecified atom stereocenters. The number of aliphatic hydroxyl groups excluding tert-OH is 1. The molecule has 0 spiro atoms. The number of anilines is 1. The zero-order valence-corrected chi connectivity index (χ0v) is 13.9. The van der Waals surface area contributed by atoms with Crippen molar-refractivity contribution in [2.45, 2.75) is 64.3 Å². The molecular formula is C18H28N2O3. The highest BCUT2D eigenvalue weighted by Gasteiger charge is 2.15. The second kappa shape index (κ2) is 9.53. The van der Waals surface area contributed by atoms with Gasteiger partial charge in [0, 0.05) is 12.2 Å². The first kappa shape index (κ1) is 17.8. The number of amides is 2. The van der Waals surface area contributed by atoms with Gasteiger partial charge in [-0.25, -0.2) is 4.79 Å². The molecule has 1 aliphatic rings. The zero-order chi connectivity index (χ0) is 16.5. The van der Waals surface area contributed by atoms with Gasteiger partial charge in [0.2, 0.25) is 0 Å². The van der Waals surface area contributed by atoms with Crippen molar-refractivity contribution in [2.75, 3.05) is 11.9 Å². The lowest BCUT2D eigenvalue weighted by molar-refractivity contribution is 0.0457. The molecule has 1 saturated carbocycles. The van der Waals surface area contributed by atoms with Crippen molar-refractivity contribution in [3.05, 3.63) is 29.8 Å². The summed E-state index contributed by atoms with van der Waals surface area (Å²) in [6.45, 7) is 2.90. The molecule has 2 rings (SSSR count). The summed E-state index contributed by atoms with van der Waals surface area (Å²) >= 11 is 0. The van der Waals surface area contributed by atoms with Gasteiger partial charge in [-0.05, 0) is 37.0 Å². The van der Waals surface area contributed by atoms with Gasteiger partial charge in [-0.2, -0.15) is 0 Å². The number of benzene rings is 1. The standard InChI is InChI=1S/C18H28N2O3/c1-2-5-16(21)12-19-18(22)20-15-10-8-14(9-11-15)13-23-17-6-3-4-7-17/h8-11,16-17,21H,2-7,12-13H2,1H3,(H2,19,20,22). The Kier molecular flexibility index (Phi) is 7.36. The fourth-order valence-corrected chi connectivity index (χ4v) is 2.77. The highest BCUT2D eigenvalue weighted by atomic mass is 16.5. The third kappa shape index (κ3) is 6.59. The van der Waals surface area contributed by atoms with Gasteiger partial charge in [0.25, 0.3) is 0 Å². The molecule has 1 aliphatic carbocycles. The van der Waals surface area contributed by atoms with Crippen molar-refractivity contribution in [3.8, 4) is 0 Å². The van der Waals surface area contributed by atoms with E-state index in [-0.39, 0.29) is 12.6 Å². The summed E-state index contributed by atoms with van der Waals surface area (Å²) in [4.78, 5) is 11.7. The first-order valence-electron chi connectivity index (χ1n) is 8.61. The lowest BCUT2D eigenvalue weighted by atomic mass is 10.2. The van der Waals surface area contributed by atoms with Crippen molar-refractivity contribution in [1.29, 1.82) is 0 Å². The number of hydrogen-bond acceptors (Lipinski definition) is 3. The highest BCUT2D eigenvalue weighted by molar-refractivity contribution is 5.89. The average molecular weight is 320 g/mol. The first-order chi connectivity index (χ1) is 11.2. The zero-order valence-electron chi connectivity index (χ0n) is 13.9. The number of urea groups is 1. The minimum absolute atomic E-state index is 0.271. The van der Waals surface area contributed by atoms with Crippen LogP contribution in [0.4, 0.5) is 10.5 Å². The Balaban J connectivity index is 1.70. The van der Waals surface area contributed by atoms with Gasteiger partial charge in [0.15, 0.2) is 0 Å². The molecule has 3 N–H and O–H groups in total. The quantitative estimate of drug-likeness (QED) is 0.687. The Hall–Kier alpha value is -1.59. The highest BCUT2D eigenvalue weighted by Crippen LogP contribution is 2.22. The van der Waals surface area contributed by atoms with Crippen LogP contribution in [0.3, 0.4) is 0 Å². The predicted octanol–water partition coefficient (Wildman–Crippen LogP) is 3.43. The third-order valence-corrected chi connectivity index (χ3v) is 4.12. The molecule has 5 heteroatoms. The summed E-state index contributed by atoms with van der Waals surface area (Å²) in [5.41, 5.74) is 1.85. The molecular weight excluding hydrogens is 292 g/mol. The Morgan fingerprint density at radius 2 is 2.00 bits per heavy atom. The summed E-state index contributed by atoms with van der Waals surface area (Å²) in [7, 11) is 0. The Labute approximate surface area is 138 Å². The number of rotatable bonds is 8. The number of ether oxygens (including phenoxy) is 1. The fourth-order valence-electron chi connectivity index (χ4n) is 2.77. The van der Waals surface area contributed by atoms with Gasteiger partial charge in [-0.15, -0.1) is 0 Å². The number of hydrogen-bond donors (Lipinski definition) is 3. The van der Waals surface area contributed by atoms with E-state index in [0.29, 0.717) is 19.1 Å². The summed E-state index contributed by atoms with van der Waals surface area (Å²) in [6, 6.07) is 7.38. The Morgan fingerprint density at radius 1 is 1.30 bits per heavy atom. The minimum Gasteiger partial charge on any atom is -0.391 e. The Bertz CT molecular complexity index is 470. The molecule has 0 radical (unpaired) electrons. The van der Waals surface area contributed by atoms with E-state index in [4.69, 9.17) is 4.74 Å². The number of carbonyl (C=O) groups excluding carboxylic acids is 1. The van der Waals surface area contributed by atoms with E-state index in [1.807, 2.05) is 31.2 Å². The smallest absolute Gasteiger partial charge is 0.319 e. The van der Waals surface area contributed by atoms with E-state index in [1.54, 1.807) is 0 Å². The minimum atomic E-state index is -0.485. The van der Waals surface area contributed by atoms with E-state index in [1.165, 1.54) is 25.7 Å². The van der Waals surface area contributed by atoms with Crippen molar-refractivity contribution >= 4 is 11.7 Å². The van der Waals surface area contributed by atoms with Crippen molar-refractivity contribution in [2.24, 2.45) is 0 Å². The summed E-state index contributed by atoms with van der Waals surface area (Å²) in [6.07, 6.45) is 6.40. The van der Waals surface area contributed by atoms with E-state index in [2.05, 4.69) is 10.6 Å². The van der Waals surface area contributed by atoms with E-state index in [9.17, 15) is 9.90 Å². The predicted molar refractivity (Wildman–Crippen MR) is 91.4 cm³/mol. The largest absolute Gasteiger partial charge is 0.391 e. The van der Waals surface area contributed by atoms with E-state index < -0.39 is 6.10 Å². The molecule has 1 aromatic carbocycles. The lowest BCUT2D eigenvalue weighted by Crippen LogP contribution is -2.35. The summed E-state index contributed by atoms with van der Waals surface area (Å²) < 4.78 is 5.87. The molecule has 0 saturated heterocycles. The molecule has 0 bridgehead atoms. The van der Waals surface area contributed by atoms with Crippen LogP contribution in [0.5, 0.6) is 0 Å². The topological polar surface area (TPSA) is 70.6 Å². The van der Waals surface area contributed by atoms with Crippen LogP contribution in [0, 0.1) is 0 Å². The van der Waals surface area contributed by atoms with Crippen LogP contribution >= 0.6 is 0 Å². The molecule has 0 aromatic heterocycles. The summed E-state index contributed by atoms with van der Waals surface area (Å²) in [5, 5.41) is 15.0. The maximum absolute atomic E-state index is 11.7. The molecule has 1 aromatic rings. The normalized spacial score (nSPS) is 16.3. The van der Waals surface area contributed by atoms with Crippen LogP contribution < -0.4 is 10.6 Å². The van der Waals surface area contributed by atoms with Crippen LogP contribution in [-0.4, -0.2) is 29.9 Å². The second-order valence-electron chi connectivity index (χ2n) is 6.19. The van der Waals surface area contributed by atoms with Crippen LogP contribution in [0.2, 0.25) is 0 Å². The van der Waals surface area contributed by atoms with Gasteiger partial charge in [-0.1, -0.05) is 38.3 Å². The van der Waals surface area contributed by atoms with Gasteiger partial charge < -0.3 is 20.5 Å². The van der Waals surface area contributed by atoms with Crippen LogP contribution in [0.1, 0.15) is 51.0 Å². The van der Waals surface area contributed by atoms with Gasteiger partial charge in [0.1, 0.15) is 0 Å². The molecule has 0 aliphatic heterocycles. The van der Waals surface area contributed by atoms with Gasteiger partial charge >= 0.3 is 6.03 Å². The first-order valence-corrected chi connectivity index (χ1v) is 8.61. The van der Waals surface area contributed by atoms with Gasteiger partial charge in [0.05, 0.1) is 18.8 Å². The van der Waals surface area contributed by atoms with Crippen LogP contribution in [0.25, 0.3) is 0 Å². The Morgan fingerprint density at radius 3 is 2.65 bits per heavy atom. The van der Waals surface area contributed by atoms with Gasteiger partial charge in [-0.3, -0.25) is 0 Å². The molecule has 2 amide bonds. The molecule has 5 nitrogen and oxygen atoms in total. The molecule has 23 heavy (non-hydrogen) atoms. The van der Waals surface area contributed by atoms with E-state index in [0.717, 1.165) is 17.7 Å². The lowest BCUT2D eigenvalue weighted by Gasteiger charge is -2.13. The maximum atomic E-state index is 11.7. The number of nitrogens with one attached hydrogen (secondary N) is 2. The maximum Gasteiger partial charge on any atom is 0.319 e. The SMILES string of the molecule is CCCC(O)CNC(=O)Nc1ccc(COC2CCCC2)cc1. The molecule has 128 valence electrons. The third-order valence-electron chi connectivity index (χ3n) is 4.12. The second-order valence-corrected chi connectivity index (χ2v) is 6.19. The molecule has 0 heterocycles. The monoisotopic (exact) mass is 320 g/mol. The fraction of sp³-hybridized carbons (Fsp3) is 0.611. The number of carbonyl (C=O) groups is 1. The number of aliphatic hydroxyl groups is 1. The average Bonchev–Trinajstić information content (AvgIpc) is 3.06. The van der Waals surface area contributed by atoms with Crippen molar-refractivity contribution < 1.29 is 14.6 Å². The van der Waals surface area contributed by atoms with Crippen molar-refractivity contribution in [3.63, 3.8) is 0 Å². The molecule has 1 atom stereocenters.